The summed E-state index contributed by atoms with van der Waals surface area (Å²) in [5, 5.41) is 8.77. The molecule has 106 valence electrons. The van der Waals surface area contributed by atoms with Crippen LogP contribution in [0.2, 0.25) is 0 Å². The van der Waals surface area contributed by atoms with Crippen LogP contribution in [-0.4, -0.2) is 42.0 Å². The number of rotatable bonds is 3. The van der Waals surface area contributed by atoms with E-state index in [2.05, 4.69) is 22.9 Å². The number of amides is 1. The number of piperidine rings is 1. The second kappa shape index (κ2) is 8.86. The van der Waals surface area contributed by atoms with Crippen molar-refractivity contribution >= 4 is 11.7 Å². The van der Waals surface area contributed by atoms with Gasteiger partial charge in [-0.2, -0.15) is 5.26 Å². The fourth-order valence-electron chi connectivity index (χ4n) is 2.51. The minimum Gasteiger partial charge on any atom is -0.357 e. The third-order valence-corrected chi connectivity index (χ3v) is 3.82. The Bertz CT molecular complexity index is 503. The third-order valence-electron chi connectivity index (χ3n) is 3.82. The summed E-state index contributed by atoms with van der Waals surface area (Å²) in [6.45, 7) is 5.20. The van der Waals surface area contributed by atoms with Gasteiger partial charge in [0.25, 0.3) is 0 Å². The van der Waals surface area contributed by atoms with Gasteiger partial charge in [0, 0.05) is 32.4 Å². The topological polar surface area (TPSA) is 60.2 Å². The number of likely N-dealkylation sites (tertiary alicyclic amines) is 1. The summed E-state index contributed by atoms with van der Waals surface area (Å²) in [4.78, 5) is 19.9. The molecule has 1 aliphatic heterocycles. The van der Waals surface area contributed by atoms with Crippen molar-refractivity contribution in [2.45, 2.75) is 25.3 Å². The minimum atomic E-state index is 0. The Morgan fingerprint density at radius 2 is 2.19 bits per heavy atom. The van der Waals surface area contributed by atoms with Gasteiger partial charge >= 0.3 is 51.4 Å². The fourth-order valence-corrected chi connectivity index (χ4v) is 2.51. The molecule has 0 unspecified atom stereocenters. The number of nitrogens with zero attached hydrogens (tertiary/aromatic N) is 4. The predicted molar refractivity (Wildman–Crippen MR) is 76.9 cm³/mol. The van der Waals surface area contributed by atoms with Crippen molar-refractivity contribution < 1.29 is 56.2 Å². The number of carbonyl (C=O) groups is 1. The first kappa shape index (κ1) is 18.6. The largest absolute Gasteiger partial charge is 1.00 e. The third kappa shape index (κ3) is 4.76. The standard InChI is InChI=1S/C15H19N4O.K/c1-3-15(20)19-8-6-13(7-9-19)18(2)14-5-4-12(10-16)11-17-14;/h4-5,11,13H,1,3,6-9H2,2H3;/q-1;+1. The van der Waals surface area contributed by atoms with Crippen LogP contribution in [-0.2, 0) is 4.79 Å². The summed E-state index contributed by atoms with van der Waals surface area (Å²) in [7, 11) is 2.01. The molecule has 6 heteroatoms. The van der Waals surface area contributed by atoms with Gasteiger partial charge in [-0.05, 0) is 25.0 Å². The van der Waals surface area contributed by atoms with Crippen LogP contribution in [0.3, 0.4) is 0 Å². The molecule has 0 atom stereocenters. The molecule has 1 aliphatic rings. The smallest absolute Gasteiger partial charge is 0.357 e. The van der Waals surface area contributed by atoms with E-state index in [0.717, 1.165) is 31.7 Å². The summed E-state index contributed by atoms with van der Waals surface area (Å²) in [6.07, 6.45) is 3.79. The number of nitriles is 1. The molecule has 0 bridgehead atoms. The maximum Gasteiger partial charge on any atom is 1.00 e. The summed E-state index contributed by atoms with van der Waals surface area (Å²) in [5.41, 5.74) is 0.568. The minimum absolute atomic E-state index is 0. The fraction of sp³-hybridized carbons (Fsp3) is 0.467. The number of aromatic nitrogens is 1. The Kier molecular flexibility index (Phi) is 7.85. The van der Waals surface area contributed by atoms with Crippen LogP contribution >= 0.6 is 0 Å². The summed E-state index contributed by atoms with van der Waals surface area (Å²) >= 11 is 0. The second-order valence-corrected chi connectivity index (χ2v) is 4.99. The van der Waals surface area contributed by atoms with Crippen molar-refractivity contribution in [2.75, 3.05) is 25.0 Å². The molecule has 0 spiro atoms. The van der Waals surface area contributed by atoms with Gasteiger partial charge < -0.3 is 16.7 Å². The van der Waals surface area contributed by atoms with Crippen LogP contribution in [0.4, 0.5) is 5.82 Å². The van der Waals surface area contributed by atoms with Gasteiger partial charge in [-0.25, -0.2) is 4.98 Å². The maximum atomic E-state index is 11.6. The summed E-state index contributed by atoms with van der Waals surface area (Å²) in [5.74, 6) is 0.994. The van der Waals surface area contributed by atoms with Crippen LogP contribution in [0, 0.1) is 18.3 Å². The Morgan fingerprint density at radius 1 is 1.52 bits per heavy atom. The van der Waals surface area contributed by atoms with E-state index in [4.69, 9.17) is 5.26 Å². The predicted octanol–water partition coefficient (Wildman–Crippen LogP) is -1.39. The molecule has 5 nitrogen and oxygen atoms in total. The van der Waals surface area contributed by atoms with Crippen molar-refractivity contribution in [3.8, 4) is 6.07 Å². The van der Waals surface area contributed by atoms with E-state index in [0.29, 0.717) is 18.0 Å². The van der Waals surface area contributed by atoms with Gasteiger partial charge in [-0.3, -0.25) is 4.79 Å². The van der Waals surface area contributed by atoms with Crippen molar-refractivity contribution in [1.29, 1.82) is 5.26 Å². The Morgan fingerprint density at radius 3 is 2.67 bits per heavy atom. The molecular weight excluding hydrogens is 291 g/mol. The van der Waals surface area contributed by atoms with E-state index in [1.54, 1.807) is 12.3 Å². The van der Waals surface area contributed by atoms with E-state index in [9.17, 15) is 4.79 Å². The van der Waals surface area contributed by atoms with E-state index in [-0.39, 0.29) is 57.3 Å². The Balaban J connectivity index is 0.00000220. The number of hydrogen-bond donors (Lipinski definition) is 0. The normalized spacial score (nSPS) is 15.0. The Labute approximate surface area is 168 Å². The summed E-state index contributed by atoms with van der Waals surface area (Å²) in [6, 6.07) is 6.09. The van der Waals surface area contributed by atoms with Crippen molar-refractivity contribution in [3.63, 3.8) is 0 Å². The first-order chi connectivity index (χ1) is 9.65. The average molecular weight is 310 g/mol. The van der Waals surface area contributed by atoms with Crippen LogP contribution in [0.25, 0.3) is 0 Å². The number of pyridine rings is 1. The maximum absolute atomic E-state index is 11.6. The molecule has 1 saturated heterocycles. The van der Waals surface area contributed by atoms with Gasteiger partial charge in [-0.15, -0.1) is 6.42 Å². The molecule has 2 heterocycles. The second-order valence-electron chi connectivity index (χ2n) is 4.99. The van der Waals surface area contributed by atoms with Gasteiger partial charge in [0.2, 0.25) is 0 Å². The molecule has 1 aromatic heterocycles. The molecule has 0 radical (unpaired) electrons. The van der Waals surface area contributed by atoms with Crippen molar-refractivity contribution in [3.05, 3.63) is 30.8 Å². The zero-order valence-corrected chi connectivity index (χ0v) is 15.9. The molecule has 1 fully saturated rings. The monoisotopic (exact) mass is 310 g/mol. The average Bonchev–Trinajstić information content (AvgIpc) is 2.53. The van der Waals surface area contributed by atoms with Gasteiger partial charge in [0.05, 0.1) is 5.56 Å². The first-order valence-corrected chi connectivity index (χ1v) is 6.81. The SMILES string of the molecule is [CH2-]CC(=O)N1CCC(N(C)c2ccc(C#N)cn2)CC1.[K+]. The molecular formula is C15H19KN4O. The van der Waals surface area contributed by atoms with E-state index < -0.39 is 0 Å². The van der Waals surface area contributed by atoms with Crippen LogP contribution in [0.5, 0.6) is 0 Å². The molecule has 21 heavy (non-hydrogen) atoms. The number of hydrogen-bond acceptors (Lipinski definition) is 4. The molecule has 2 rings (SSSR count). The quantitative estimate of drug-likeness (QED) is 0.509. The number of carbonyl (C=O) groups excluding carboxylic acids is 1. The van der Waals surface area contributed by atoms with E-state index in [1.165, 1.54) is 0 Å². The van der Waals surface area contributed by atoms with Gasteiger partial charge in [0.15, 0.2) is 5.91 Å². The zero-order valence-electron chi connectivity index (χ0n) is 12.7. The molecule has 0 saturated carbocycles. The summed E-state index contributed by atoms with van der Waals surface area (Å²) < 4.78 is 0. The zero-order chi connectivity index (χ0) is 14.5. The first-order valence-electron chi connectivity index (χ1n) is 6.81. The molecule has 0 aromatic carbocycles. The van der Waals surface area contributed by atoms with Gasteiger partial charge in [0.1, 0.15) is 11.9 Å². The van der Waals surface area contributed by atoms with Crippen LogP contribution in [0.1, 0.15) is 24.8 Å². The van der Waals surface area contributed by atoms with E-state index >= 15 is 0 Å². The van der Waals surface area contributed by atoms with Crippen LogP contribution in [0.15, 0.2) is 18.3 Å². The molecule has 1 aromatic rings. The number of anilines is 1. The van der Waals surface area contributed by atoms with E-state index in [1.807, 2.05) is 18.0 Å². The van der Waals surface area contributed by atoms with Crippen LogP contribution < -0.4 is 56.3 Å². The molecule has 1 amide bonds. The van der Waals surface area contributed by atoms with Gasteiger partial charge in [-0.1, -0.05) is 0 Å². The van der Waals surface area contributed by atoms with Crippen molar-refractivity contribution in [1.82, 2.24) is 9.88 Å². The molecule has 0 N–H and O–H groups in total. The Hall–Kier alpha value is -0.454. The van der Waals surface area contributed by atoms with Crippen molar-refractivity contribution in [2.24, 2.45) is 0 Å². The molecule has 0 aliphatic carbocycles.